The average Bonchev–Trinajstić information content (AvgIpc) is 2.61. The summed E-state index contributed by atoms with van der Waals surface area (Å²) >= 11 is 11.5. The Kier molecular flexibility index (Phi) is 4.06. The van der Waals surface area contributed by atoms with E-state index in [1.54, 1.807) is 11.3 Å². The summed E-state index contributed by atoms with van der Waals surface area (Å²) in [4.78, 5) is 1.65. The van der Waals surface area contributed by atoms with E-state index >= 15 is 0 Å². The van der Waals surface area contributed by atoms with Gasteiger partial charge >= 0.3 is 0 Å². The van der Waals surface area contributed by atoms with Gasteiger partial charge in [-0.15, -0.1) is 11.3 Å². The Labute approximate surface area is 113 Å². The molecule has 84 valence electrons. The van der Waals surface area contributed by atoms with Crippen LogP contribution in [-0.2, 0) is 6.42 Å². The second-order valence-corrected chi connectivity index (χ2v) is 6.55. The lowest BCUT2D eigenvalue weighted by molar-refractivity contribution is 0.969. The largest absolute Gasteiger partial charge is 0.127 e. The Hall–Kier alpha value is -0.310. The minimum atomic E-state index is 0.353. The highest BCUT2D eigenvalue weighted by Crippen LogP contribution is 2.36. The van der Waals surface area contributed by atoms with Crippen molar-refractivity contribution in [3.05, 3.63) is 56.7 Å². The first-order chi connectivity index (χ1) is 7.66. The molecule has 0 saturated carbocycles. The zero-order chi connectivity index (χ0) is 11.5. The second-order valence-electron chi connectivity index (χ2n) is 3.76. The van der Waals surface area contributed by atoms with Crippen LogP contribution in [0.2, 0.25) is 4.34 Å². The molecule has 0 nitrogen and oxygen atoms in total. The number of halogens is 2. The molecule has 2 rings (SSSR count). The molecular weight excluding hydrogens is 304 g/mol. The predicted molar refractivity (Wildman–Crippen MR) is 75.9 cm³/mol. The van der Waals surface area contributed by atoms with Crippen LogP contribution in [0.1, 0.15) is 20.8 Å². The van der Waals surface area contributed by atoms with Gasteiger partial charge in [0.15, 0.2) is 0 Å². The number of hydrogen-bond acceptors (Lipinski definition) is 1. The maximum absolute atomic E-state index is 6.07. The first-order valence-corrected chi connectivity index (χ1v) is 7.21. The van der Waals surface area contributed by atoms with Crippen LogP contribution >= 0.6 is 38.9 Å². The fraction of sp³-hybridized carbons (Fsp3) is 0.231. The molecule has 0 bridgehead atoms. The van der Waals surface area contributed by atoms with Crippen LogP contribution in [0.5, 0.6) is 0 Å². The molecule has 0 saturated heterocycles. The molecule has 3 heteroatoms. The molecule has 0 radical (unpaired) electrons. The average molecular weight is 316 g/mol. The minimum Gasteiger partial charge on any atom is -0.127 e. The summed E-state index contributed by atoms with van der Waals surface area (Å²) in [6.45, 7) is 2.05. The van der Waals surface area contributed by atoms with Gasteiger partial charge in [-0.1, -0.05) is 57.9 Å². The summed E-state index contributed by atoms with van der Waals surface area (Å²) in [7, 11) is 0. The highest BCUT2D eigenvalue weighted by Gasteiger charge is 2.12. The smallest absolute Gasteiger partial charge is 0.0960 e. The highest BCUT2D eigenvalue weighted by atomic mass is 79.9. The van der Waals surface area contributed by atoms with Crippen LogP contribution in [0.4, 0.5) is 0 Å². The molecule has 1 heterocycles. The van der Waals surface area contributed by atoms with Gasteiger partial charge in [-0.3, -0.25) is 0 Å². The number of rotatable bonds is 3. The zero-order valence-corrected chi connectivity index (χ0v) is 12.1. The lowest BCUT2D eigenvalue weighted by Crippen LogP contribution is -1.92. The Balaban J connectivity index is 2.11. The third kappa shape index (κ3) is 2.88. The molecule has 0 N–H and O–H groups in total. The van der Waals surface area contributed by atoms with Crippen LogP contribution in [0.15, 0.2) is 36.4 Å². The third-order valence-electron chi connectivity index (χ3n) is 2.44. The SMILES string of the molecule is Cc1cc(C(Br)Cc2ccccc2)sc1Cl. The fourth-order valence-electron chi connectivity index (χ4n) is 1.56. The lowest BCUT2D eigenvalue weighted by atomic mass is 10.1. The van der Waals surface area contributed by atoms with Crippen molar-refractivity contribution in [2.75, 3.05) is 0 Å². The zero-order valence-electron chi connectivity index (χ0n) is 8.91. The first kappa shape index (κ1) is 12.2. The van der Waals surface area contributed by atoms with Crippen molar-refractivity contribution < 1.29 is 0 Å². The van der Waals surface area contributed by atoms with Crippen molar-refractivity contribution in [1.29, 1.82) is 0 Å². The van der Waals surface area contributed by atoms with Crippen LogP contribution in [-0.4, -0.2) is 0 Å². The highest BCUT2D eigenvalue weighted by molar-refractivity contribution is 9.09. The summed E-state index contributed by atoms with van der Waals surface area (Å²) < 4.78 is 0.896. The normalized spacial score (nSPS) is 12.7. The first-order valence-electron chi connectivity index (χ1n) is 5.10. The number of alkyl halides is 1. The molecule has 0 amide bonds. The van der Waals surface area contributed by atoms with Crippen molar-refractivity contribution in [3.8, 4) is 0 Å². The Morgan fingerprint density at radius 1 is 1.31 bits per heavy atom. The van der Waals surface area contributed by atoms with Crippen LogP contribution in [0, 0.1) is 6.92 Å². The third-order valence-corrected chi connectivity index (χ3v) is 5.23. The second kappa shape index (κ2) is 5.35. The van der Waals surface area contributed by atoms with Gasteiger partial charge in [-0.05, 0) is 30.5 Å². The Morgan fingerprint density at radius 3 is 2.56 bits per heavy atom. The molecule has 1 aromatic carbocycles. The maximum Gasteiger partial charge on any atom is 0.0960 e. The van der Waals surface area contributed by atoms with E-state index in [0.29, 0.717) is 4.83 Å². The van der Waals surface area contributed by atoms with Crippen molar-refractivity contribution in [2.45, 2.75) is 18.2 Å². The number of hydrogen-bond donors (Lipinski definition) is 0. The molecule has 2 aromatic rings. The van der Waals surface area contributed by atoms with Crippen molar-refractivity contribution in [3.63, 3.8) is 0 Å². The van der Waals surface area contributed by atoms with Crippen LogP contribution in [0.25, 0.3) is 0 Å². The van der Waals surface area contributed by atoms with Gasteiger partial charge in [0.25, 0.3) is 0 Å². The van der Waals surface area contributed by atoms with Gasteiger partial charge in [0, 0.05) is 4.88 Å². The van der Waals surface area contributed by atoms with Gasteiger partial charge in [0.05, 0.1) is 9.16 Å². The molecule has 16 heavy (non-hydrogen) atoms. The summed E-state index contributed by atoms with van der Waals surface area (Å²) in [5, 5.41) is 0. The standard InChI is InChI=1S/C13H12BrClS/c1-9-7-12(16-13(9)15)11(14)8-10-5-3-2-4-6-10/h2-7,11H,8H2,1H3. The number of aryl methyl sites for hydroxylation is 1. The Bertz CT molecular complexity index is 445. The van der Waals surface area contributed by atoms with Crippen molar-refractivity contribution in [2.24, 2.45) is 0 Å². The van der Waals surface area contributed by atoms with Gasteiger partial charge in [0.1, 0.15) is 0 Å². The number of benzene rings is 1. The van der Waals surface area contributed by atoms with E-state index in [2.05, 4.69) is 46.3 Å². The van der Waals surface area contributed by atoms with Crippen molar-refractivity contribution in [1.82, 2.24) is 0 Å². The summed E-state index contributed by atoms with van der Waals surface area (Å²) in [6.07, 6.45) is 0.997. The molecular formula is C13H12BrClS. The molecule has 1 unspecified atom stereocenters. The quantitative estimate of drug-likeness (QED) is 0.666. The van der Waals surface area contributed by atoms with Gasteiger partial charge in [0.2, 0.25) is 0 Å². The molecule has 0 aliphatic heterocycles. The monoisotopic (exact) mass is 314 g/mol. The molecule has 0 aliphatic carbocycles. The minimum absolute atomic E-state index is 0.353. The molecule has 0 fully saturated rings. The van der Waals surface area contributed by atoms with E-state index in [9.17, 15) is 0 Å². The fourth-order valence-corrected chi connectivity index (χ4v) is 3.54. The molecule has 1 aromatic heterocycles. The lowest BCUT2D eigenvalue weighted by Gasteiger charge is -2.07. The summed E-state index contributed by atoms with van der Waals surface area (Å²) in [5.41, 5.74) is 2.51. The van der Waals surface area contributed by atoms with Gasteiger partial charge in [-0.2, -0.15) is 0 Å². The number of thiophene rings is 1. The van der Waals surface area contributed by atoms with Crippen molar-refractivity contribution >= 4 is 38.9 Å². The summed E-state index contributed by atoms with van der Waals surface area (Å²) in [6, 6.07) is 12.6. The van der Waals surface area contributed by atoms with E-state index in [0.717, 1.165) is 10.8 Å². The van der Waals surface area contributed by atoms with E-state index < -0.39 is 0 Å². The summed E-state index contributed by atoms with van der Waals surface area (Å²) in [5.74, 6) is 0. The predicted octanol–water partition coefficient (Wildman–Crippen LogP) is 5.39. The van der Waals surface area contributed by atoms with E-state index in [-0.39, 0.29) is 0 Å². The van der Waals surface area contributed by atoms with Gasteiger partial charge in [-0.25, -0.2) is 0 Å². The van der Waals surface area contributed by atoms with Gasteiger partial charge < -0.3 is 0 Å². The Morgan fingerprint density at radius 2 is 2.00 bits per heavy atom. The van der Waals surface area contributed by atoms with E-state index in [4.69, 9.17) is 11.6 Å². The van der Waals surface area contributed by atoms with E-state index in [1.807, 2.05) is 13.0 Å². The van der Waals surface area contributed by atoms with Crippen LogP contribution in [0.3, 0.4) is 0 Å². The van der Waals surface area contributed by atoms with Crippen LogP contribution < -0.4 is 0 Å². The van der Waals surface area contributed by atoms with E-state index in [1.165, 1.54) is 16.0 Å². The molecule has 0 aliphatic rings. The topological polar surface area (TPSA) is 0 Å². The molecule has 1 atom stereocenters. The maximum atomic E-state index is 6.07. The molecule has 0 spiro atoms.